The predicted octanol–water partition coefficient (Wildman–Crippen LogP) is 0.994. The van der Waals surface area contributed by atoms with Crippen LogP contribution in [0.1, 0.15) is 23.7 Å². The Kier molecular flexibility index (Phi) is 4.53. The normalized spacial score (nSPS) is 11.7. The van der Waals surface area contributed by atoms with Gasteiger partial charge in [0.05, 0.1) is 12.7 Å². The first-order valence-electron chi connectivity index (χ1n) is 5.40. The molecule has 6 nitrogen and oxygen atoms in total. The summed E-state index contributed by atoms with van der Waals surface area (Å²) < 4.78 is 4.93. The summed E-state index contributed by atoms with van der Waals surface area (Å²) in [5.74, 6) is -1.59. The van der Waals surface area contributed by atoms with Crippen LogP contribution in [-0.2, 0) is 4.79 Å². The predicted molar refractivity (Wildman–Crippen MR) is 63.8 cm³/mol. The van der Waals surface area contributed by atoms with Crippen LogP contribution in [0.5, 0.6) is 11.5 Å². The summed E-state index contributed by atoms with van der Waals surface area (Å²) in [6.45, 7) is 1.64. The van der Waals surface area contributed by atoms with Crippen LogP contribution in [0, 0.1) is 0 Å². The molecule has 98 valence electrons. The highest BCUT2D eigenvalue weighted by molar-refractivity contribution is 5.99. The molecule has 1 amide bonds. The second kappa shape index (κ2) is 5.90. The number of phenols is 1. The standard InChI is InChI=1S/C12H15NO5/c1-3-9(12(16)17)13-11(15)8-6-7(18-2)4-5-10(8)14/h4-6,9,14H,3H2,1-2H3,(H,13,15)(H,16,17). The van der Waals surface area contributed by atoms with E-state index in [1.165, 1.54) is 25.3 Å². The van der Waals surface area contributed by atoms with Gasteiger partial charge in [0.15, 0.2) is 0 Å². The molecule has 3 N–H and O–H groups in total. The molecule has 0 aliphatic heterocycles. The van der Waals surface area contributed by atoms with Crippen molar-refractivity contribution < 1.29 is 24.5 Å². The number of carboxylic acids is 1. The van der Waals surface area contributed by atoms with Crippen LogP contribution < -0.4 is 10.1 Å². The molecule has 0 aromatic heterocycles. The van der Waals surface area contributed by atoms with Crippen LogP contribution >= 0.6 is 0 Å². The molecule has 0 saturated carbocycles. The average molecular weight is 253 g/mol. The fourth-order valence-corrected chi connectivity index (χ4v) is 1.40. The van der Waals surface area contributed by atoms with Crippen LogP contribution in [0.15, 0.2) is 18.2 Å². The molecule has 0 aliphatic carbocycles. The number of nitrogens with one attached hydrogen (secondary N) is 1. The Morgan fingerprint density at radius 2 is 2.11 bits per heavy atom. The van der Waals surface area contributed by atoms with Crippen molar-refractivity contribution in [1.29, 1.82) is 0 Å². The highest BCUT2D eigenvalue weighted by Gasteiger charge is 2.20. The Bertz CT molecular complexity index is 458. The molecular formula is C12H15NO5. The minimum atomic E-state index is -1.12. The van der Waals surface area contributed by atoms with Gasteiger partial charge in [-0.15, -0.1) is 0 Å². The molecule has 0 fully saturated rings. The summed E-state index contributed by atoms with van der Waals surface area (Å²) in [5, 5.41) is 20.7. The molecule has 0 spiro atoms. The van der Waals surface area contributed by atoms with E-state index >= 15 is 0 Å². The first-order valence-corrected chi connectivity index (χ1v) is 5.40. The summed E-state index contributed by atoms with van der Waals surface area (Å²) in [6, 6.07) is 3.18. The van der Waals surface area contributed by atoms with Gasteiger partial charge in [-0.3, -0.25) is 4.79 Å². The maximum Gasteiger partial charge on any atom is 0.326 e. The van der Waals surface area contributed by atoms with E-state index in [-0.39, 0.29) is 17.7 Å². The number of ether oxygens (including phenoxy) is 1. The molecule has 1 rings (SSSR count). The van der Waals surface area contributed by atoms with E-state index in [1.807, 2.05) is 0 Å². The number of aromatic hydroxyl groups is 1. The zero-order valence-corrected chi connectivity index (χ0v) is 10.1. The third-order valence-electron chi connectivity index (χ3n) is 2.46. The van der Waals surface area contributed by atoms with Crippen molar-refractivity contribution in [3.63, 3.8) is 0 Å². The number of phenolic OH excluding ortho intramolecular Hbond substituents is 1. The van der Waals surface area contributed by atoms with E-state index in [2.05, 4.69) is 5.32 Å². The molecule has 0 aliphatic rings. The molecule has 18 heavy (non-hydrogen) atoms. The van der Waals surface area contributed by atoms with Crippen molar-refractivity contribution >= 4 is 11.9 Å². The Labute approximate surface area is 104 Å². The third-order valence-corrected chi connectivity index (χ3v) is 2.46. The number of benzene rings is 1. The van der Waals surface area contributed by atoms with Crippen LogP contribution in [0.2, 0.25) is 0 Å². The molecule has 1 aromatic rings. The number of hydrogen-bond acceptors (Lipinski definition) is 4. The van der Waals surface area contributed by atoms with E-state index in [4.69, 9.17) is 9.84 Å². The first kappa shape index (κ1) is 13.8. The lowest BCUT2D eigenvalue weighted by Crippen LogP contribution is -2.40. The summed E-state index contributed by atoms with van der Waals surface area (Å²) in [7, 11) is 1.43. The second-order valence-electron chi connectivity index (χ2n) is 3.66. The number of aliphatic carboxylic acids is 1. The van der Waals surface area contributed by atoms with Gasteiger partial charge in [-0.2, -0.15) is 0 Å². The molecular weight excluding hydrogens is 238 g/mol. The Morgan fingerprint density at radius 3 is 2.61 bits per heavy atom. The summed E-state index contributed by atoms with van der Waals surface area (Å²) in [6.07, 6.45) is 0.256. The minimum absolute atomic E-state index is 0.0194. The number of methoxy groups -OCH3 is 1. The maximum atomic E-state index is 11.8. The third kappa shape index (κ3) is 3.13. The largest absolute Gasteiger partial charge is 0.507 e. The van der Waals surface area contributed by atoms with Crippen molar-refractivity contribution in [2.45, 2.75) is 19.4 Å². The molecule has 0 radical (unpaired) electrons. The van der Waals surface area contributed by atoms with Gasteiger partial charge in [0.2, 0.25) is 0 Å². The van der Waals surface area contributed by atoms with E-state index in [9.17, 15) is 14.7 Å². The summed E-state index contributed by atoms with van der Waals surface area (Å²) >= 11 is 0. The van der Waals surface area contributed by atoms with Crippen molar-refractivity contribution in [3.8, 4) is 11.5 Å². The van der Waals surface area contributed by atoms with E-state index < -0.39 is 17.9 Å². The van der Waals surface area contributed by atoms with Gasteiger partial charge in [0, 0.05) is 0 Å². The summed E-state index contributed by atoms with van der Waals surface area (Å²) in [5.41, 5.74) is -0.0194. The fourth-order valence-electron chi connectivity index (χ4n) is 1.40. The van der Waals surface area contributed by atoms with Gasteiger partial charge in [-0.05, 0) is 24.6 Å². The van der Waals surface area contributed by atoms with Crippen LogP contribution in [0.4, 0.5) is 0 Å². The van der Waals surface area contributed by atoms with Crippen molar-refractivity contribution in [3.05, 3.63) is 23.8 Å². The highest BCUT2D eigenvalue weighted by Crippen LogP contribution is 2.22. The number of carboxylic acid groups (broad SMARTS) is 1. The lowest BCUT2D eigenvalue weighted by Gasteiger charge is -2.13. The van der Waals surface area contributed by atoms with Crippen LogP contribution in [-0.4, -0.2) is 35.2 Å². The monoisotopic (exact) mass is 253 g/mol. The topological polar surface area (TPSA) is 95.9 Å². The number of rotatable bonds is 5. The molecule has 0 heterocycles. The highest BCUT2D eigenvalue weighted by atomic mass is 16.5. The number of hydrogen-bond donors (Lipinski definition) is 3. The van der Waals surface area contributed by atoms with E-state index in [0.29, 0.717) is 5.75 Å². The number of amides is 1. The number of carbonyl (C=O) groups excluding carboxylic acids is 1. The van der Waals surface area contributed by atoms with Gasteiger partial charge in [-0.1, -0.05) is 6.92 Å². The SMILES string of the molecule is CCC(NC(=O)c1cc(OC)ccc1O)C(=O)O. The molecule has 1 unspecified atom stereocenters. The molecule has 1 atom stereocenters. The van der Waals surface area contributed by atoms with Crippen molar-refractivity contribution in [2.24, 2.45) is 0 Å². The van der Waals surface area contributed by atoms with Crippen molar-refractivity contribution in [1.82, 2.24) is 5.32 Å². The van der Waals surface area contributed by atoms with Gasteiger partial charge >= 0.3 is 5.97 Å². The molecule has 1 aromatic carbocycles. The first-order chi connectivity index (χ1) is 8.49. The van der Waals surface area contributed by atoms with Gasteiger partial charge in [0.1, 0.15) is 17.5 Å². The van der Waals surface area contributed by atoms with Crippen LogP contribution in [0.3, 0.4) is 0 Å². The Morgan fingerprint density at radius 1 is 1.44 bits per heavy atom. The van der Waals surface area contributed by atoms with Gasteiger partial charge in [0.25, 0.3) is 5.91 Å². The smallest absolute Gasteiger partial charge is 0.326 e. The molecule has 0 bridgehead atoms. The maximum absolute atomic E-state index is 11.8. The second-order valence-corrected chi connectivity index (χ2v) is 3.66. The van der Waals surface area contributed by atoms with Gasteiger partial charge < -0.3 is 20.3 Å². The zero-order valence-electron chi connectivity index (χ0n) is 10.1. The van der Waals surface area contributed by atoms with E-state index in [1.54, 1.807) is 6.92 Å². The van der Waals surface area contributed by atoms with Crippen molar-refractivity contribution in [2.75, 3.05) is 7.11 Å². The quantitative estimate of drug-likeness (QED) is 0.727. The zero-order chi connectivity index (χ0) is 13.7. The fraction of sp³-hybridized carbons (Fsp3) is 0.333. The Hall–Kier alpha value is -2.24. The summed E-state index contributed by atoms with van der Waals surface area (Å²) in [4.78, 5) is 22.6. The lowest BCUT2D eigenvalue weighted by molar-refractivity contribution is -0.139. The van der Waals surface area contributed by atoms with Gasteiger partial charge in [-0.25, -0.2) is 4.79 Å². The van der Waals surface area contributed by atoms with Crippen LogP contribution in [0.25, 0.3) is 0 Å². The van der Waals surface area contributed by atoms with E-state index in [0.717, 1.165) is 0 Å². The Balaban J connectivity index is 2.93. The molecule has 6 heteroatoms. The minimum Gasteiger partial charge on any atom is -0.507 e. The number of carbonyl (C=O) groups is 2. The molecule has 0 saturated heterocycles. The average Bonchev–Trinajstić information content (AvgIpc) is 2.35. The lowest BCUT2D eigenvalue weighted by atomic mass is 10.1.